The largest absolute Gasteiger partial charge is 0.462 e. The van der Waals surface area contributed by atoms with E-state index in [9.17, 15) is 14.4 Å². The summed E-state index contributed by atoms with van der Waals surface area (Å²) in [6.07, 6.45) is 35.2. The van der Waals surface area contributed by atoms with Crippen LogP contribution in [0.5, 0.6) is 0 Å². The van der Waals surface area contributed by atoms with Crippen LogP contribution in [0.4, 0.5) is 0 Å². The van der Waals surface area contributed by atoms with Gasteiger partial charge in [-0.1, -0.05) is 195 Å². The topological polar surface area (TPSA) is 78.9 Å². The smallest absolute Gasteiger partial charge is 0.306 e. The Morgan fingerprint density at radius 2 is 0.673 bits per heavy atom. The molecule has 6 nitrogen and oxygen atoms in total. The molecule has 0 unspecified atom stereocenters. The number of rotatable bonds is 38. The molecular formula is C43H82O6. The van der Waals surface area contributed by atoms with E-state index in [4.69, 9.17) is 14.2 Å². The molecular weight excluding hydrogens is 612 g/mol. The van der Waals surface area contributed by atoms with Gasteiger partial charge in [0.1, 0.15) is 13.2 Å². The highest BCUT2D eigenvalue weighted by molar-refractivity contribution is 5.71. The number of hydrogen-bond donors (Lipinski definition) is 0. The summed E-state index contributed by atoms with van der Waals surface area (Å²) >= 11 is 0. The van der Waals surface area contributed by atoms with Gasteiger partial charge in [-0.3, -0.25) is 14.4 Å². The zero-order valence-corrected chi connectivity index (χ0v) is 33.1. The third-order valence-corrected chi connectivity index (χ3v) is 9.54. The summed E-state index contributed by atoms with van der Waals surface area (Å²) in [5.74, 6) is -0.0818. The Hall–Kier alpha value is -1.59. The molecule has 0 aliphatic carbocycles. The van der Waals surface area contributed by atoms with Crippen molar-refractivity contribution in [1.29, 1.82) is 0 Å². The molecule has 0 rings (SSSR count). The molecule has 0 amide bonds. The van der Waals surface area contributed by atoms with Crippen molar-refractivity contribution in [1.82, 2.24) is 0 Å². The van der Waals surface area contributed by atoms with Gasteiger partial charge in [0.15, 0.2) is 6.10 Å². The number of esters is 3. The maximum Gasteiger partial charge on any atom is 0.306 e. The van der Waals surface area contributed by atoms with E-state index in [0.29, 0.717) is 19.3 Å². The van der Waals surface area contributed by atoms with E-state index in [1.54, 1.807) is 0 Å². The molecule has 1 atom stereocenters. The zero-order valence-electron chi connectivity index (χ0n) is 33.1. The van der Waals surface area contributed by atoms with E-state index in [1.165, 1.54) is 128 Å². The summed E-state index contributed by atoms with van der Waals surface area (Å²) in [4.78, 5) is 37.5. The first kappa shape index (κ1) is 47.4. The molecule has 6 heteroatoms. The van der Waals surface area contributed by atoms with Crippen LogP contribution < -0.4 is 0 Å². The zero-order chi connectivity index (χ0) is 36.0. The molecule has 49 heavy (non-hydrogen) atoms. The van der Waals surface area contributed by atoms with Crippen LogP contribution >= 0.6 is 0 Å². The fraction of sp³-hybridized carbons (Fsp3) is 0.930. The van der Waals surface area contributed by atoms with Gasteiger partial charge in [-0.15, -0.1) is 0 Å². The van der Waals surface area contributed by atoms with E-state index < -0.39 is 6.10 Å². The SMILES string of the molecule is CCCCCCCCCCCCCCC(=O)OC[C@@H](COC(=O)CCCCCCCCCC(C)C)OC(=O)CCCCCCCCCCC. The Morgan fingerprint density at radius 1 is 0.388 bits per heavy atom. The van der Waals surface area contributed by atoms with Crippen molar-refractivity contribution < 1.29 is 28.6 Å². The van der Waals surface area contributed by atoms with Crippen molar-refractivity contribution in [2.75, 3.05) is 13.2 Å². The molecule has 0 fully saturated rings. The van der Waals surface area contributed by atoms with Crippen molar-refractivity contribution in [2.24, 2.45) is 5.92 Å². The Labute approximate surface area is 304 Å². The number of carbonyl (C=O) groups is 3. The lowest BCUT2D eigenvalue weighted by Gasteiger charge is -2.18. The van der Waals surface area contributed by atoms with Gasteiger partial charge in [0.25, 0.3) is 0 Å². The summed E-state index contributed by atoms with van der Waals surface area (Å²) in [5, 5.41) is 0. The van der Waals surface area contributed by atoms with Crippen molar-refractivity contribution >= 4 is 17.9 Å². The van der Waals surface area contributed by atoms with Crippen LogP contribution in [-0.4, -0.2) is 37.2 Å². The third kappa shape index (κ3) is 37.5. The second-order valence-corrected chi connectivity index (χ2v) is 15.1. The highest BCUT2D eigenvalue weighted by atomic mass is 16.6. The minimum absolute atomic E-state index is 0.0648. The molecule has 290 valence electrons. The van der Waals surface area contributed by atoms with Gasteiger partial charge >= 0.3 is 17.9 Å². The number of carbonyl (C=O) groups excluding carboxylic acids is 3. The lowest BCUT2D eigenvalue weighted by molar-refractivity contribution is -0.167. The Bertz CT molecular complexity index is 736. The average molecular weight is 695 g/mol. The molecule has 0 aromatic heterocycles. The van der Waals surface area contributed by atoms with Crippen LogP contribution in [0.2, 0.25) is 0 Å². The molecule has 0 saturated carbocycles. The van der Waals surface area contributed by atoms with Crippen molar-refractivity contribution in [3.8, 4) is 0 Å². The Morgan fingerprint density at radius 3 is 1.00 bits per heavy atom. The fourth-order valence-corrected chi connectivity index (χ4v) is 6.27. The number of hydrogen-bond acceptors (Lipinski definition) is 6. The molecule has 0 spiro atoms. The monoisotopic (exact) mass is 695 g/mol. The standard InChI is InChI=1S/C43H82O6/c1-5-7-9-11-13-15-16-17-19-22-26-30-34-41(44)47-37-40(49-43(46)36-32-28-23-18-14-12-10-8-6-2)38-48-42(45)35-31-27-24-20-21-25-29-33-39(3)4/h39-40H,5-38H2,1-4H3/t40-/m0/s1. The first-order valence-electron chi connectivity index (χ1n) is 21.4. The predicted octanol–water partition coefficient (Wildman–Crippen LogP) is 13.2. The lowest BCUT2D eigenvalue weighted by Crippen LogP contribution is -2.30. The summed E-state index contributed by atoms with van der Waals surface area (Å²) in [7, 11) is 0. The maximum atomic E-state index is 12.6. The summed E-state index contributed by atoms with van der Waals surface area (Å²) < 4.78 is 16.6. The number of ether oxygens (including phenoxy) is 3. The van der Waals surface area contributed by atoms with Crippen LogP contribution in [0, 0.1) is 5.92 Å². The highest BCUT2D eigenvalue weighted by Crippen LogP contribution is 2.15. The van der Waals surface area contributed by atoms with Gasteiger partial charge in [-0.2, -0.15) is 0 Å². The molecule has 0 radical (unpaired) electrons. The molecule has 0 heterocycles. The van der Waals surface area contributed by atoms with Crippen LogP contribution in [-0.2, 0) is 28.6 Å². The molecule has 0 saturated heterocycles. The lowest BCUT2D eigenvalue weighted by atomic mass is 10.0. The van der Waals surface area contributed by atoms with Gasteiger partial charge in [-0.05, 0) is 25.2 Å². The maximum absolute atomic E-state index is 12.6. The van der Waals surface area contributed by atoms with E-state index in [1.807, 2.05) is 0 Å². The Kier molecular flexibility index (Phi) is 36.4. The van der Waals surface area contributed by atoms with E-state index in [-0.39, 0.29) is 31.1 Å². The Balaban J connectivity index is 4.32. The van der Waals surface area contributed by atoms with Gasteiger partial charge < -0.3 is 14.2 Å². The third-order valence-electron chi connectivity index (χ3n) is 9.54. The summed E-state index contributed by atoms with van der Waals surface area (Å²) in [6.45, 7) is 8.91. The molecule has 0 aromatic rings. The van der Waals surface area contributed by atoms with E-state index >= 15 is 0 Å². The van der Waals surface area contributed by atoms with Gasteiger partial charge in [0.2, 0.25) is 0 Å². The molecule has 0 aromatic carbocycles. The molecule has 0 N–H and O–H groups in total. The average Bonchev–Trinajstić information content (AvgIpc) is 3.08. The number of unbranched alkanes of at least 4 members (excludes halogenated alkanes) is 25. The molecule has 0 aliphatic heterocycles. The minimum Gasteiger partial charge on any atom is -0.462 e. The van der Waals surface area contributed by atoms with Crippen LogP contribution in [0.3, 0.4) is 0 Å². The highest BCUT2D eigenvalue weighted by Gasteiger charge is 2.19. The van der Waals surface area contributed by atoms with Crippen LogP contribution in [0.15, 0.2) is 0 Å². The van der Waals surface area contributed by atoms with Crippen LogP contribution in [0.1, 0.15) is 233 Å². The summed E-state index contributed by atoms with van der Waals surface area (Å²) in [5.41, 5.74) is 0. The first-order valence-corrected chi connectivity index (χ1v) is 21.4. The van der Waals surface area contributed by atoms with Crippen molar-refractivity contribution in [3.05, 3.63) is 0 Å². The van der Waals surface area contributed by atoms with Crippen molar-refractivity contribution in [3.63, 3.8) is 0 Å². The van der Waals surface area contributed by atoms with Gasteiger partial charge in [0.05, 0.1) is 0 Å². The normalized spacial score (nSPS) is 11.9. The minimum atomic E-state index is -0.758. The summed E-state index contributed by atoms with van der Waals surface area (Å²) in [6, 6.07) is 0. The van der Waals surface area contributed by atoms with E-state index in [2.05, 4.69) is 27.7 Å². The quantitative estimate of drug-likeness (QED) is 0.0364. The fourth-order valence-electron chi connectivity index (χ4n) is 6.27. The van der Waals surface area contributed by atoms with E-state index in [0.717, 1.165) is 63.7 Å². The second-order valence-electron chi connectivity index (χ2n) is 15.1. The second kappa shape index (κ2) is 37.7. The van der Waals surface area contributed by atoms with Gasteiger partial charge in [0, 0.05) is 19.3 Å². The van der Waals surface area contributed by atoms with Crippen molar-refractivity contribution in [2.45, 2.75) is 239 Å². The molecule has 0 aliphatic rings. The van der Waals surface area contributed by atoms with Crippen LogP contribution in [0.25, 0.3) is 0 Å². The van der Waals surface area contributed by atoms with Gasteiger partial charge in [-0.25, -0.2) is 0 Å². The predicted molar refractivity (Wildman–Crippen MR) is 206 cm³/mol. The first-order chi connectivity index (χ1) is 23.9. The molecule has 0 bridgehead atoms.